The van der Waals surface area contributed by atoms with Gasteiger partial charge in [0.1, 0.15) is 18.8 Å². The first kappa shape index (κ1) is 19.1. The maximum atomic E-state index is 12.1. The van der Waals surface area contributed by atoms with Gasteiger partial charge in [0.15, 0.2) is 20.6 Å². The Morgan fingerprint density at radius 1 is 1.35 bits per heavy atom. The van der Waals surface area contributed by atoms with E-state index in [2.05, 4.69) is 24.6 Å². The van der Waals surface area contributed by atoms with Gasteiger partial charge in [-0.25, -0.2) is 0 Å². The van der Waals surface area contributed by atoms with Gasteiger partial charge in [0, 0.05) is 12.3 Å². The van der Waals surface area contributed by atoms with Gasteiger partial charge in [-0.1, -0.05) is 0 Å². The van der Waals surface area contributed by atoms with Crippen LogP contribution in [-0.2, 0) is 18.7 Å². The Kier molecular flexibility index (Phi) is 4.74. The summed E-state index contributed by atoms with van der Waals surface area (Å²) >= 11 is 0. The Morgan fingerprint density at radius 3 is 2.65 bits per heavy atom. The summed E-state index contributed by atoms with van der Waals surface area (Å²) in [6, 6.07) is 1.58. The highest BCUT2D eigenvalue weighted by Gasteiger charge is 2.54. The Hall–Kier alpha value is -1.71. The Balaban J connectivity index is 1.80. The van der Waals surface area contributed by atoms with E-state index < -0.39 is 38.3 Å². The van der Waals surface area contributed by atoms with E-state index in [1.165, 1.54) is 6.07 Å². The van der Waals surface area contributed by atoms with Gasteiger partial charge in [-0.05, 0) is 40.4 Å². The molecule has 8 nitrogen and oxygen atoms in total. The minimum Gasteiger partial charge on any atom is -0.462 e. The molecule has 0 aliphatic carbocycles. The fourth-order valence-electron chi connectivity index (χ4n) is 2.92. The summed E-state index contributed by atoms with van der Waals surface area (Å²) in [5, 5.41) is 0. The van der Waals surface area contributed by atoms with Crippen LogP contribution < -0.4 is 10.3 Å². The average molecular weight is 382 g/mol. The van der Waals surface area contributed by atoms with Crippen LogP contribution in [0.5, 0.6) is 6.01 Å². The second-order valence-electron chi connectivity index (χ2n) is 8.65. The van der Waals surface area contributed by atoms with Crippen molar-refractivity contribution in [1.82, 2.24) is 9.55 Å². The van der Waals surface area contributed by atoms with Crippen LogP contribution in [0, 0.1) is 5.41 Å². The van der Waals surface area contributed by atoms with Crippen LogP contribution in [0.15, 0.2) is 17.1 Å². The fourth-order valence-corrected chi connectivity index (χ4v) is 4.02. The fraction of sp³-hybridized carbons (Fsp3) is 0.706. The lowest BCUT2D eigenvalue weighted by atomic mass is 9.97. The predicted molar refractivity (Wildman–Crippen MR) is 95.5 cm³/mol. The molecule has 1 aromatic heterocycles. The topological polar surface area (TPSA) is 88.9 Å². The average Bonchev–Trinajstić information content (AvgIpc) is 2.99. The summed E-state index contributed by atoms with van der Waals surface area (Å²) in [7, 11) is -1.92. The first-order chi connectivity index (χ1) is 12.0. The minimum atomic E-state index is -1.92. The number of carbonyl (C=O) groups excluding carboxylic acids is 1. The van der Waals surface area contributed by atoms with Crippen molar-refractivity contribution in [2.45, 2.75) is 65.0 Å². The molecule has 2 aliphatic heterocycles. The van der Waals surface area contributed by atoms with Gasteiger partial charge < -0.3 is 18.6 Å². The van der Waals surface area contributed by atoms with Gasteiger partial charge in [-0.15, -0.1) is 0 Å². The second kappa shape index (κ2) is 6.47. The number of esters is 1. The predicted octanol–water partition coefficient (Wildman–Crippen LogP) is 1.71. The molecule has 0 unspecified atom stereocenters. The van der Waals surface area contributed by atoms with E-state index in [0.29, 0.717) is 0 Å². The van der Waals surface area contributed by atoms with Crippen molar-refractivity contribution in [2.75, 3.05) is 6.61 Å². The lowest BCUT2D eigenvalue weighted by Gasteiger charge is -2.29. The molecule has 1 aromatic rings. The van der Waals surface area contributed by atoms with E-state index in [4.69, 9.17) is 18.6 Å². The second-order valence-corrected chi connectivity index (χ2v) is 13.1. The minimum absolute atomic E-state index is 0.0879. The van der Waals surface area contributed by atoms with E-state index in [0.717, 1.165) is 0 Å². The maximum Gasteiger partial charge on any atom is 0.311 e. The highest BCUT2D eigenvalue weighted by atomic mass is 28.4. The number of fused-ring (bicyclic) bond motifs is 3. The Morgan fingerprint density at radius 2 is 2.04 bits per heavy atom. The van der Waals surface area contributed by atoms with Gasteiger partial charge in [0.25, 0.3) is 5.56 Å². The molecule has 0 bridgehead atoms. The van der Waals surface area contributed by atoms with Crippen molar-refractivity contribution in [1.29, 1.82) is 0 Å². The number of ether oxygens (including phenoxy) is 3. The molecular formula is C17H26N2O6Si. The highest BCUT2D eigenvalue weighted by Crippen LogP contribution is 2.41. The van der Waals surface area contributed by atoms with Gasteiger partial charge >= 0.3 is 12.0 Å². The molecule has 1 fully saturated rings. The molecule has 26 heavy (non-hydrogen) atoms. The van der Waals surface area contributed by atoms with Crippen LogP contribution >= 0.6 is 0 Å². The van der Waals surface area contributed by atoms with Gasteiger partial charge in [0.2, 0.25) is 0 Å². The quantitative estimate of drug-likeness (QED) is 0.578. The summed E-state index contributed by atoms with van der Waals surface area (Å²) < 4.78 is 25.4. The summed E-state index contributed by atoms with van der Waals surface area (Å²) in [6.45, 7) is 11.7. The van der Waals surface area contributed by atoms with Gasteiger partial charge in [0.05, 0.1) is 5.41 Å². The number of rotatable bonds is 4. The molecule has 3 heterocycles. The molecule has 144 valence electrons. The van der Waals surface area contributed by atoms with Crippen LogP contribution in [0.25, 0.3) is 0 Å². The third-order valence-electron chi connectivity index (χ3n) is 4.09. The molecule has 1 saturated heterocycles. The van der Waals surface area contributed by atoms with Crippen molar-refractivity contribution < 1.29 is 23.4 Å². The number of hydrogen-bond acceptors (Lipinski definition) is 7. The number of carbonyl (C=O) groups is 1. The van der Waals surface area contributed by atoms with Crippen LogP contribution in [-0.4, -0.2) is 48.8 Å². The monoisotopic (exact) mass is 382 g/mol. The third kappa shape index (κ3) is 3.84. The van der Waals surface area contributed by atoms with Crippen molar-refractivity contribution in [3.8, 4) is 6.01 Å². The van der Waals surface area contributed by atoms with Crippen molar-refractivity contribution in [3.05, 3.63) is 22.6 Å². The summed E-state index contributed by atoms with van der Waals surface area (Å²) in [4.78, 5) is 27.4. The first-order valence-electron chi connectivity index (χ1n) is 8.72. The smallest absolute Gasteiger partial charge is 0.311 e. The number of nitrogens with zero attached hydrogens (tertiary/aromatic N) is 2. The molecule has 0 aromatic carbocycles. The third-order valence-corrected chi connectivity index (χ3v) is 5.07. The van der Waals surface area contributed by atoms with Crippen LogP contribution in [0.2, 0.25) is 19.6 Å². The normalized spacial score (nSPS) is 27.6. The van der Waals surface area contributed by atoms with E-state index in [1.54, 1.807) is 31.5 Å². The number of aromatic nitrogens is 2. The molecule has 3 rings (SSSR count). The zero-order chi connectivity index (χ0) is 19.3. The van der Waals surface area contributed by atoms with Crippen molar-refractivity contribution >= 4 is 14.3 Å². The van der Waals surface area contributed by atoms with E-state index in [-0.39, 0.29) is 24.1 Å². The van der Waals surface area contributed by atoms with Crippen LogP contribution in [0.1, 0.15) is 27.0 Å². The zero-order valence-corrected chi connectivity index (χ0v) is 17.0. The van der Waals surface area contributed by atoms with Gasteiger partial charge in [-0.3, -0.25) is 14.2 Å². The number of hydrogen-bond donors (Lipinski definition) is 0. The summed E-state index contributed by atoms with van der Waals surface area (Å²) in [5.41, 5.74) is -0.954. The molecule has 0 N–H and O–H groups in total. The van der Waals surface area contributed by atoms with Crippen molar-refractivity contribution in [2.24, 2.45) is 5.41 Å². The largest absolute Gasteiger partial charge is 0.462 e. The standard InChI is InChI=1S/C17H26N2O6Si/c1-17(2,3)15(21)22-9-10-12(25-26(4,5)6)13-14(23-10)19-8-7-11(20)18-16(19)24-13/h7-8,10,12-14H,9H2,1-6H3/t10-,12-,13+,14-/m1/s1. The summed E-state index contributed by atoms with van der Waals surface area (Å²) in [5.74, 6) is -0.295. The lowest BCUT2D eigenvalue weighted by molar-refractivity contribution is -0.159. The maximum absolute atomic E-state index is 12.1. The first-order valence-corrected chi connectivity index (χ1v) is 12.1. The van der Waals surface area contributed by atoms with Crippen LogP contribution in [0.4, 0.5) is 0 Å². The molecule has 0 amide bonds. The molecule has 2 aliphatic rings. The van der Waals surface area contributed by atoms with E-state index in [9.17, 15) is 9.59 Å². The van der Waals surface area contributed by atoms with Gasteiger partial charge in [-0.2, -0.15) is 4.98 Å². The highest BCUT2D eigenvalue weighted by molar-refractivity contribution is 6.69. The molecule has 0 saturated carbocycles. The molecule has 9 heteroatoms. The molecule has 4 atom stereocenters. The molecule has 0 spiro atoms. The summed E-state index contributed by atoms with van der Waals surface area (Å²) in [6.07, 6.45) is -0.149. The van der Waals surface area contributed by atoms with Crippen molar-refractivity contribution in [3.63, 3.8) is 0 Å². The lowest BCUT2D eigenvalue weighted by Crippen LogP contribution is -2.45. The SMILES string of the molecule is CC(C)(C)C(=O)OC[C@H]1O[C@@H]2[C@@H](Oc3nc(=O)ccn32)[C@@H]1O[Si](C)(C)C. The zero-order valence-electron chi connectivity index (χ0n) is 16.0. The van der Waals surface area contributed by atoms with Crippen LogP contribution in [0.3, 0.4) is 0 Å². The Bertz CT molecular complexity index is 751. The van der Waals surface area contributed by atoms with E-state index >= 15 is 0 Å². The van der Waals surface area contributed by atoms with E-state index in [1.807, 2.05) is 0 Å². The Labute approximate surface area is 153 Å². The molecular weight excluding hydrogens is 356 g/mol. The molecule has 0 radical (unpaired) electrons.